The van der Waals surface area contributed by atoms with Crippen molar-refractivity contribution < 1.29 is 29.0 Å². The molecular formula is C45H52O6. The lowest BCUT2D eigenvalue weighted by molar-refractivity contribution is -0.120. The largest absolute Gasteiger partial charge is 0.508 e. The fourth-order valence-electron chi connectivity index (χ4n) is 9.23. The predicted molar refractivity (Wildman–Crippen MR) is 201 cm³/mol. The van der Waals surface area contributed by atoms with Crippen molar-refractivity contribution in [2.45, 2.75) is 103 Å². The zero-order valence-electron chi connectivity index (χ0n) is 31.2. The number of phenols is 1. The number of allylic oxidation sites excluding steroid dienone is 4. The van der Waals surface area contributed by atoms with Crippen LogP contribution < -0.4 is 9.47 Å². The summed E-state index contributed by atoms with van der Waals surface area (Å²) in [6, 6.07) is 18.0. The van der Waals surface area contributed by atoms with Crippen LogP contribution in [0.4, 0.5) is 0 Å². The number of fused-ring (bicyclic) bond motifs is 7. The van der Waals surface area contributed by atoms with Crippen LogP contribution >= 0.6 is 0 Å². The Balaban J connectivity index is 0.000000133. The lowest BCUT2D eigenvalue weighted by atomic mass is 9.58. The quantitative estimate of drug-likeness (QED) is 0.289. The maximum absolute atomic E-state index is 11.8. The van der Waals surface area contributed by atoms with Gasteiger partial charge in [0.15, 0.2) is 11.6 Å². The van der Waals surface area contributed by atoms with Crippen LogP contribution in [0.25, 0.3) is 0 Å². The smallest absolute Gasteiger partial charge is 0.155 e. The van der Waals surface area contributed by atoms with E-state index in [-0.39, 0.29) is 28.3 Å². The summed E-state index contributed by atoms with van der Waals surface area (Å²) in [5.74, 6) is 3.80. The van der Waals surface area contributed by atoms with Crippen LogP contribution in [-0.4, -0.2) is 36.7 Å². The zero-order chi connectivity index (χ0) is 36.7. The van der Waals surface area contributed by atoms with Crippen LogP contribution in [-0.2, 0) is 44.5 Å². The number of carbonyl (C=O) groups excluding carboxylic acids is 3. The molecule has 5 aliphatic rings. The predicted octanol–water partition coefficient (Wildman–Crippen LogP) is 8.88. The molecule has 5 atom stereocenters. The molecule has 268 valence electrons. The molecular weight excluding hydrogens is 636 g/mol. The lowest BCUT2D eigenvalue weighted by Gasteiger charge is -2.45. The van der Waals surface area contributed by atoms with E-state index in [9.17, 15) is 19.5 Å². The van der Waals surface area contributed by atoms with Gasteiger partial charge < -0.3 is 14.6 Å². The topological polar surface area (TPSA) is 89.9 Å². The highest BCUT2D eigenvalue weighted by molar-refractivity contribution is 5.93. The first-order chi connectivity index (χ1) is 24.3. The molecule has 0 fully saturated rings. The summed E-state index contributed by atoms with van der Waals surface area (Å²) < 4.78 is 10.5. The highest BCUT2D eigenvalue weighted by Gasteiger charge is 2.45. The van der Waals surface area contributed by atoms with Gasteiger partial charge in [0.2, 0.25) is 0 Å². The molecule has 3 unspecified atom stereocenters. The second-order valence-electron chi connectivity index (χ2n) is 15.5. The maximum atomic E-state index is 11.8. The van der Waals surface area contributed by atoms with Crippen molar-refractivity contribution in [1.82, 2.24) is 0 Å². The Morgan fingerprint density at radius 1 is 0.608 bits per heavy atom. The van der Waals surface area contributed by atoms with Gasteiger partial charge in [-0.05, 0) is 126 Å². The molecule has 6 nitrogen and oxygen atoms in total. The Hall–Kier alpha value is -4.45. The van der Waals surface area contributed by atoms with Gasteiger partial charge in [-0.1, -0.05) is 64.0 Å². The van der Waals surface area contributed by atoms with E-state index in [0.717, 1.165) is 43.6 Å². The minimum atomic E-state index is -0.0325. The summed E-state index contributed by atoms with van der Waals surface area (Å²) in [6.45, 7) is 10.9. The first kappa shape index (κ1) is 36.3. The molecule has 0 spiro atoms. The minimum absolute atomic E-state index is 0.0216. The van der Waals surface area contributed by atoms with Gasteiger partial charge in [0.25, 0.3) is 0 Å². The standard InChI is InChI=1S/C17H20O2.C16H18O2.C12H14O2/c1-11-8-14(18)10-13-5-4-12-9-15(19-3)6-7-16(12)17(11,13)2;1-10-7-14(18)9-12-4-3-11-8-13(17)5-6-15(11)16(10,12)2;1-8-11-5-4-10(14-2)7-9(11)3-6-12(8)13/h6-7,9-11H,4-5,8H2,1-3H3;5-6,8-10,17H,3-4,7H2,1-2H3;4-5,7-8H,3,6H2,1-2H3/t11?,17-;10?,16-;/m11./s1. The van der Waals surface area contributed by atoms with Crippen molar-refractivity contribution in [2.75, 3.05) is 14.2 Å². The average Bonchev–Trinajstić information content (AvgIpc) is 3.11. The number of benzene rings is 3. The zero-order valence-corrected chi connectivity index (χ0v) is 31.2. The van der Waals surface area contributed by atoms with E-state index in [2.05, 4.69) is 39.8 Å². The molecule has 3 aromatic carbocycles. The first-order valence-electron chi connectivity index (χ1n) is 18.5. The summed E-state index contributed by atoms with van der Waals surface area (Å²) in [6.07, 6.45) is 10.4. The van der Waals surface area contributed by atoms with Gasteiger partial charge in [0.1, 0.15) is 23.0 Å². The Bertz CT molecular complexity index is 1930. The molecule has 6 heteroatoms. The van der Waals surface area contributed by atoms with Crippen molar-refractivity contribution in [3.63, 3.8) is 0 Å². The highest BCUT2D eigenvalue weighted by atomic mass is 16.5. The van der Waals surface area contributed by atoms with Gasteiger partial charge in [-0.15, -0.1) is 0 Å². The van der Waals surface area contributed by atoms with Gasteiger partial charge in [-0.3, -0.25) is 14.4 Å². The third-order valence-corrected chi connectivity index (χ3v) is 12.8. The van der Waals surface area contributed by atoms with Gasteiger partial charge >= 0.3 is 0 Å². The number of hydrogen-bond donors (Lipinski definition) is 1. The molecule has 0 amide bonds. The van der Waals surface area contributed by atoms with Gasteiger partial charge in [0, 0.05) is 36.0 Å². The van der Waals surface area contributed by atoms with Crippen LogP contribution in [0.1, 0.15) is 106 Å². The van der Waals surface area contributed by atoms with Gasteiger partial charge in [-0.2, -0.15) is 0 Å². The summed E-state index contributed by atoms with van der Waals surface area (Å²) in [5, 5.41) is 9.61. The Kier molecular flexibility index (Phi) is 10.2. The number of Topliss-reactive ketones (excluding diaryl/α,β-unsaturated/α-hetero) is 1. The van der Waals surface area contributed by atoms with Crippen molar-refractivity contribution in [3.8, 4) is 17.2 Å². The molecule has 51 heavy (non-hydrogen) atoms. The number of aryl methyl sites for hydroxylation is 3. The van der Waals surface area contributed by atoms with Gasteiger partial charge in [-0.25, -0.2) is 0 Å². The molecule has 0 aromatic heterocycles. The molecule has 1 N–H and O–H groups in total. The Labute approximate surface area is 303 Å². The number of aromatic hydroxyl groups is 1. The number of carbonyl (C=O) groups is 3. The lowest BCUT2D eigenvalue weighted by Crippen LogP contribution is -2.40. The van der Waals surface area contributed by atoms with Crippen molar-refractivity contribution in [1.29, 1.82) is 0 Å². The van der Waals surface area contributed by atoms with E-state index in [1.807, 2.05) is 55.5 Å². The number of hydrogen-bond acceptors (Lipinski definition) is 6. The molecule has 8 rings (SSSR count). The molecule has 0 radical (unpaired) electrons. The number of methoxy groups -OCH3 is 2. The SMILES string of the molecule is CC1CC(=O)C=C2CCc3cc(O)ccc3[C@@]21C.COc1ccc2c(c1)CCC(=O)C2C.COc1ccc2c(c1)CCC1=CC(=O)CC(C)[C@]12C. The molecule has 5 aliphatic carbocycles. The second-order valence-corrected chi connectivity index (χ2v) is 15.5. The van der Waals surface area contributed by atoms with E-state index < -0.39 is 0 Å². The first-order valence-corrected chi connectivity index (χ1v) is 18.5. The third-order valence-electron chi connectivity index (χ3n) is 12.8. The van der Waals surface area contributed by atoms with Crippen molar-refractivity contribution >= 4 is 17.3 Å². The number of rotatable bonds is 2. The fourth-order valence-corrected chi connectivity index (χ4v) is 9.23. The van der Waals surface area contributed by atoms with Crippen LogP contribution in [0.15, 0.2) is 77.9 Å². The van der Waals surface area contributed by atoms with Crippen LogP contribution in [0.2, 0.25) is 0 Å². The Morgan fingerprint density at radius 3 is 1.63 bits per heavy atom. The third kappa shape index (κ3) is 6.70. The number of ketones is 3. The van der Waals surface area contributed by atoms with E-state index in [0.29, 0.717) is 42.6 Å². The van der Waals surface area contributed by atoms with Crippen molar-refractivity contribution in [2.24, 2.45) is 11.8 Å². The normalized spacial score (nSPS) is 27.3. The van der Waals surface area contributed by atoms with Crippen molar-refractivity contribution in [3.05, 3.63) is 111 Å². The molecule has 3 aromatic rings. The summed E-state index contributed by atoms with van der Waals surface area (Å²) in [7, 11) is 3.37. The Morgan fingerprint density at radius 2 is 1.08 bits per heavy atom. The maximum Gasteiger partial charge on any atom is 0.155 e. The number of phenolic OH excluding ortho intramolecular Hbond substituents is 1. The van der Waals surface area contributed by atoms with Gasteiger partial charge in [0.05, 0.1) is 14.2 Å². The molecule has 0 aliphatic heterocycles. The molecule has 0 bridgehead atoms. The number of ether oxygens (including phenoxy) is 2. The summed E-state index contributed by atoms with van der Waals surface area (Å²) in [5.41, 5.74) is 10.3. The average molecular weight is 689 g/mol. The van der Waals surface area contributed by atoms with E-state index in [1.165, 1.54) is 44.5 Å². The summed E-state index contributed by atoms with van der Waals surface area (Å²) >= 11 is 0. The highest BCUT2D eigenvalue weighted by Crippen LogP contribution is 2.51. The second kappa shape index (κ2) is 14.3. The molecule has 0 saturated carbocycles. The van der Waals surface area contributed by atoms with E-state index in [1.54, 1.807) is 20.3 Å². The monoisotopic (exact) mass is 688 g/mol. The van der Waals surface area contributed by atoms with E-state index >= 15 is 0 Å². The minimum Gasteiger partial charge on any atom is -0.508 e. The van der Waals surface area contributed by atoms with E-state index in [4.69, 9.17) is 9.47 Å². The van der Waals surface area contributed by atoms with Crippen LogP contribution in [0.5, 0.6) is 17.2 Å². The fraction of sp³-hybridized carbons (Fsp3) is 0.444. The van der Waals surface area contributed by atoms with Crippen LogP contribution in [0.3, 0.4) is 0 Å². The summed E-state index contributed by atoms with van der Waals surface area (Å²) in [4.78, 5) is 35.0. The molecule has 0 saturated heterocycles. The molecule has 0 heterocycles. The van der Waals surface area contributed by atoms with Crippen LogP contribution in [0, 0.1) is 11.8 Å².